The number of hydrogen-bond donors (Lipinski definition) is 1. The number of thiocyanates is 1. The van der Waals surface area contributed by atoms with Crippen LogP contribution in [0.1, 0.15) is 43.9 Å². The average Bonchev–Trinajstić information content (AvgIpc) is 2.98. The molecule has 3 rings (SSSR count). The van der Waals surface area contributed by atoms with Crippen molar-refractivity contribution in [1.82, 2.24) is 10.2 Å². The molecule has 3 atom stereocenters. The molecule has 0 bridgehead atoms. The molecule has 1 aromatic carbocycles. The van der Waals surface area contributed by atoms with Crippen molar-refractivity contribution in [3.8, 4) is 5.40 Å². The third-order valence-electron chi connectivity index (χ3n) is 5.25. The molecule has 0 radical (unpaired) electrons. The van der Waals surface area contributed by atoms with Crippen molar-refractivity contribution < 1.29 is 9.59 Å². The van der Waals surface area contributed by atoms with Gasteiger partial charge >= 0.3 is 0 Å². The van der Waals surface area contributed by atoms with Gasteiger partial charge in [-0.25, -0.2) is 0 Å². The van der Waals surface area contributed by atoms with Gasteiger partial charge in [-0.05, 0) is 49.0 Å². The van der Waals surface area contributed by atoms with Crippen LogP contribution >= 0.6 is 10.0 Å². The molecule has 5 nitrogen and oxygen atoms in total. The van der Waals surface area contributed by atoms with E-state index in [1.807, 2.05) is 44.4 Å². The number of nitrogens with zero attached hydrogens (tertiary/aromatic N) is 2. The third kappa shape index (κ3) is 3.05. The number of likely N-dealkylation sites (tertiary alicyclic amines) is 1. The quantitative estimate of drug-likeness (QED) is 0.650. The Morgan fingerprint density at radius 2 is 2.12 bits per heavy atom. The van der Waals surface area contributed by atoms with Crippen LogP contribution in [-0.2, 0) is 9.59 Å². The number of hydrogen-bond acceptors (Lipinski definition) is 3. The highest BCUT2D eigenvalue weighted by molar-refractivity contribution is 8.53. The van der Waals surface area contributed by atoms with E-state index in [-0.39, 0.29) is 18.0 Å². The standard InChI is InChI=1S/C19H23N3O2S/c1-13(21-19(24)17-5-4-10-22(17)12-23)15-6-8-16(9-7-15)18-14(2)25(18,3)11-20/h6-9,12-13,17H,4-5,10H2,1-3H3,(H,21,24). The fraction of sp³-hybridized carbons (Fsp3) is 0.421. The highest BCUT2D eigenvalue weighted by Gasteiger charge is 2.42. The molecular formula is C19H23N3O2S. The zero-order valence-electron chi connectivity index (χ0n) is 14.8. The molecule has 2 amide bonds. The van der Waals surface area contributed by atoms with Gasteiger partial charge in [0, 0.05) is 11.4 Å². The summed E-state index contributed by atoms with van der Waals surface area (Å²) < 4.78 is 0. The van der Waals surface area contributed by atoms with Crippen molar-refractivity contribution >= 4 is 27.3 Å². The van der Waals surface area contributed by atoms with E-state index in [1.165, 1.54) is 9.81 Å². The van der Waals surface area contributed by atoms with Gasteiger partial charge in [0.2, 0.25) is 12.3 Å². The van der Waals surface area contributed by atoms with E-state index < -0.39 is 10.0 Å². The molecule has 3 unspecified atom stereocenters. The van der Waals surface area contributed by atoms with E-state index in [4.69, 9.17) is 0 Å². The molecule has 1 aromatic rings. The van der Waals surface area contributed by atoms with E-state index in [0.29, 0.717) is 6.54 Å². The second-order valence-corrected chi connectivity index (χ2v) is 9.79. The Bertz CT molecular complexity index is 781. The number of rotatable bonds is 5. The van der Waals surface area contributed by atoms with Crippen LogP contribution in [0.5, 0.6) is 0 Å². The summed E-state index contributed by atoms with van der Waals surface area (Å²) >= 11 is 0. The van der Waals surface area contributed by atoms with Gasteiger partial charge in [-0.2, -0.15) is 5.26 Å². The Morgan fingerprint density at radius 3 is 2.68 bits per heavy atom. The molecule has 2 aliphatic heterocycles. The van der Waals surface area contributed by atoms with Gasteiger partial charge in [-0.1, -0.05) is 24.3 Å². The number of allylic oxidation sites excluding steroid dienone is 1. The van der Waals surface area contributed by atoms with Gasteiger partial charge in [-0.15, -0.1) is 10.0 Å². The van der Waals surface area contributed by atoms with Crippen LogP contribution in [0.4, 0.5) is 0 Å². The highest BCUT2D eigenvalue weighted by Crippen LogP contribution is 2.78. The molecule has 1 saturated heterocycles. The van der Waals surface area contributed by atoms with E-state index in [0.717, 1.165) is 30.4 Å². The molecule has 25 heavy (non-hydrogen) atoms. The Morgan fingerprint density at radius 1 is 1.44 bits per heavy atom. The summed E-state index contributed by atoms with van der Waals surface area (Å²) in [6, 6.07) is 7.59. The molecule has 6 heteroatoms. The van der Waals surface area contributed by atoms with Crippen molar-refractivity contribution in [2.24, 2.45) is 0 Å². The predicted molar refractivity (Wildman–Crippen MR) is 101 cm³/mol. The van der Waals surface area contributed by atoms with E-state index >= 15 is 0 Å². The average molecular weight is 357 g/mol. The molecule has 1 fully saturated rings. The lowest BCUT2D eigenvalue weighted by Crippen LogP contribution is -2.43. The molecule has 132 valence electrons. The molecule has 0 spiro atoms. The lowest BCUT2D eigenvalue weighted by molar-refractivity contribution is -0.131. The summed E-state index contributed by atoms with van der Waals surface area (Å²) in [5, 5.41) is 14.8. The largest absolute Gasteiger partial charge is 0.348 e. The van der Waals surface area contributed by atoms with Crippen molar-refractivity contribution in [2.75, 3.05) is 12.8 Å². The molecule has 1 N–H and O–H groups in total. The second kappa shape index (κ2) is 6.57. The zero-order chi connectivity index (χ0) is 18.2. The molecule has 2 heterocycles. The van der Waals surface area contributed by atoms with E-state index in [2.05, 4.69) is 10.7 Å². The summed E-state index contributed by atoms with van der Waals surface area (Å²) in [6.07, 6.45) is 4.37. The lowest BCUT2D eigenvalue weighted by atomic mass is 10.1. The van der Waals surface area contributed by atoms with Crippen LogP contribution in [0.15, 0.2) is 29.2 Å². The minimum absolute atomic E-state index is 0.0941. The minimum atomic E-state index is -1.33. The summed E-state index contributed by atoms with van der Waals surface area (Å²) in [6.45, 7) is 4.63. The first-order valence-corrected chi connectivity index (χ1v) is 10.5. The third-order valence-corrected chi connectivity index (χ3v) is 8.19. The zero-order valence-corrected chi connectivity index (χ0v) is 15.6. The summed E-state index contributed by atoms with van der Waals surface area (Å²) in [4.78, 5) is 27.4. The van der Waals surface area contributed by atoms with Gasteiger partial charge in [0.05, 0.1) is 6.04 Å². The second-order valence-electron chi connectivity index (χ2n) is 6.75. The molecule has 0 saturated carbocycles. The molecule has 2 aliphatic rings. The lowest BCUT2D eigenvalue weighted by Gasteiger charge is -2.22. The Kier molecular flexibility index (Phi) is 4.61. The fourth-order valence-electron chi connectivity index (χ4n) is 3.49. The van der Waals surface area contributed by atoms with Crippen LogP contribution in [0.3, 0.4) is 0 Å². The Hall–Kier alpha value is -2.26. The summed E-state index contributed by atoms with van der Waals surface area (Å²) in [7, 11) is -1.33. The number of nitrogens with one attached hydrogen (secondary N) is 1. The number of nitriles is 1. The van der Waals surface area contributed by atoms with E-state index in [1.54, 1.807) is 4.90 Å². The van der Waals surface area contributed by atoms with Crippen molar-refractivity contribution in [2.45, 2.75) is 38.8 Å². The Labute approximate surface area is 150 Å². The molecule has 0 aromatic heterocycles. The monoisotopic (exact) mass is 357 g/mol. The smallest absolute Gasteiger partial charge is 0.243 e. The van der Waals surface area contributed by atoms with Crippen LogP contribution in [0.25, 0.3) is 4.91 Å². The maximum absolute atomic E-state index is 12.4. The number of carbonyl (C=O) groups is 2. The maximum Gasteiger partial charge on any atom is 0.243 e. The Balaban J connectivity index is 1.66. The van der Waals surface area contributed by atoms with Gasteiger partial charge in [0.25, 0.3) is 0 Å². The van der Waals surface area contributed by atoms with Crippen molar-refractivity contribution in [3.05, 3.63) is 40.3 Å². The number of amides is 2. The first-order valence-electron chi connectivity index (χ1n) is 8.44. The fourth-order valence-corrected chi connectivity index (χ4v) is 5.65. The topological polar surface area (TPSA) is 73.2 Å². The summed E-state index contributed by atoms with van der Waals surface area (Å²) in [5.74, 6) is -0.0941. The van der Waals surface area contributed by atoms with Crippen LogP contribution in [0, 0.1) is 10.7 Å². The molecular weight excluding hydrogens is 334 g/mol. The predicted octanol–water partition coefficient (Wildman–Crippen LogP) is 3.10. The number of benzene rings is 1. The molecule has 0 aliphatic carbocycles. The van der Waals surface area contributed by atoms with Crippen LogP contribution in [-0.4, -0.2) is 36.1 Å². The maximum atomic E-state index is 12.4. The normalized spacial score (nSPS) is 28.7. The van der Waals surface area contributed by atoms with Gasteiger partial charge in [0.1, 0.15) is 11.4 Å². The first kappa shape index (κ1) is 17.6. The van der Waals surface area contributed by atoms with Gasteiger partial charge < -0.3 is 10.2 Å². The van der Waals surface area contributed by atoms with Gasteiger partial charge in [0.15, 0.2) is 0 Å². The highest BCUT2D eigenvalue weighted by atomic mass is 32.3. The van der Waals surface area contributed by atoms with Crippen molar-refractivity contribution in [3.63, 3.8) is 0 Å². The van der Waals surface area contributed by atoms with Crippen LogP contribution < -0.4 is 5.32 Å². The van der Waals surface area contributed by atoms with Crippen LogP contribution in [0.2, 0.25) is 0 Å². The number of carbonyl (C=O) groups excluding carboxylic acids is 2. The van der Waals surface area contributed by atoms with Crippen molar-refractivity contribution in [1.29, 1.82) is 5.26 Å². The van der Waals surface area contributed by atoms with Gasteiger partial charge in [-0.3, -0.25) is 9.59 Å². The van der Waals surface area contributed by atoms with E-state index in [9.17, 15) is 14.9 Å². The first-order chi connectivity index (χ1) is 11.9. The SMILES string of the molecule is CC1=C(c2ccc(C(C)NC(=O)C3CCCN3C=O)cc2)S1(C)C#N. The summed E-state index contributed by atoms with van der Waals surface area (Å²) in [5.41, 5.74) is 2.11. The minimum Gasteiger partial charge on any atom is -0.348 e.